The molecular formula is C18H16N2O2. The van der Waals surface area contributed by atoms with E-state index in [-0.39, 0.29) is 5.91 Å². The number of oxazole rings is 1. The molecule has 0 bridgehead atoms. The number of hydrogen-bond acceptors (Lipinski definition) is 3. The minimum absolute atomic E-state index is 0.0916. The Labute approximate surface area is 128 Å². The van der Waals surface area contributed by atoms with Gasteiger partial charge in [-0.15, -0.1) is 0 Å². The Balaban J connectivity index is 1.67. The lowest BCUT2D eigenvalue weighted by molar-refractivity contribution is -0.125. The molecule has 1 heterocycles. The molecule has 3 aromatic rings. The summed E-state index contributed by atoms with van der Waals surface area (Å²) >= 11 is 0. The molecular weight excluding hydrogens is 276 g/mol. The molecule has 2 aromatic carbocycles. The monoisotopic (exact) mass is 292 g/mol. The van der Waals surface area contributed by atoms with Crippen molar-refractivity contribution >= 4 is 23.1 Å². The molecule has 0 saturated heterocycles. The largest absolute Gasteiger partial charge is 0.437 e. The molecule has 22 heavy (non-hydrogen) atoms. The van der Waals surface area contributed by atoms with E-state index < -0.39 is 0 Å². The van der Waals surface area contributed by atoms with E-state index in [1.807, 2.05) is 54.6 Å². The van der Waals surface area contributed by atoms with Crippen LogP contribution in [0.15, 0.2) is 65.1 Å². The van der Waals surface area contributed by atoms with Crippen LogP contribution >= 0.6 is 0 Å². The fraction of sp³-hybridized carbons (Fsp3) is 0.111. The summed E-state index contributed by atoms with van der Waals surface area (Å²) in [6.45, 7) is 0.567. The summed E-state index contributed by atoms with van der Waals surface area (Å²) < 4.78 is 5.55. The zero-order valence-corrected chi connectivity index (χ0v) is 12.3. The molecule has 4 nitrogen and oxygen atoms in total. The van der Waals surface area contributed by atoms with Gasteiger partial charge in [-0.25, -0.2) is 4.98 Å². The summed E-state index contributed by atoms with van der Waals surface area (Å²) in [5, 5.41) is 0. The maximum atomic E-state index is 12.1. The molecule has 4 heteroatoms. The number of benzene rings is 2. The highest BCUT2D eigenvalue weighted by molar-refractivity contribution is 5.91. The fourth-order valence-electron chi connectivity index (χ4n) is 2.17. The summed E-state index contributed by atoms with van der Waals surface area (Å²) in [5.41, 5.74) is 2.59. The molecule has 0 N–H and O–H groups in total. The molecule has 0 unspecified atom stereocenters. The number of carbonyl (C=O) groups is 1. The van der Waals surface area contributed by atoms with Gasteiger partial charge in [-0.05, 0) is 17.7 Å². The molecule has 1 amide bonds. The maximum Gasteiger partial charge on any atom is 0.246 e. The smallest absolute Gasteiger partial charge is 0.246 e. The molecule has 0 atom stereocenters. The van der Waals surface area contributed by atoms with Crippen molar-refractivity contribution in [1.82, 2.24) is 9.88 Å². The molecule has 110 valence electrons. The molecule has 0 spiro atoms. The lowest BCUT2D eigenvalue weighted by Gasteiger charge is -2.14. The van der Waals surface area contributed by atoms with Crippen molar-refractivity contribution in [2.75, 3.05) is 7.05 Å². The van der Waals surface area contributed by atoms with Crippen LogP contribution in [0, 0.1) is 0 Å². The molecule has 0 aliphatic rings. The lowest BCUT2D eigenvalue weighted by atomic mass is 10.2. The van der Waals surface area contributed by atoms with Gasteiger partial charge in [0.1, 0.15) is 5.52 Å². The standard InChI is InChI=1S/C18H16N2O2/c1-20(13-14-7-3-2-4-8-14)18(21)12-11-17-19-15-9-5-6-10-16(15)22-17/h2-12H,13H2,1H3/b12-11+. The number of nitrogens with zero attached hydrogens (tertiary/aromatic N) is 2. The number of hydrogen-bond donors (Lipinski definition) is 0. The highest BCUT2D eigenvalue weighted by Crippen LogP contribution is 2.15. The Morgan fingerprint density at radius 3 is 2.64 bits per heavy atom. The Hall–Kier alpha value is -2.88. The minimum Gasteiger partial charge on any atom is -0.437 e. The average Bonchev–Trinajstić information content (AvgIpc) is 2.96. The molecule has 0 saturated carbocycles. The van der Waals surface area contributed by atoms with Crippen molar-refractivity contribution in [2.45, 2.75) is 6.54 Å². The van der Waals surface area contributed by atoms with Gasteiger partial charge in [-0.3, -0.25) is 4.79 Å². The van der Waals surface area contributed by atoms with Crippen LogP contribution in [0.5, 0.6) is 0 Å². The average molecular weight is 292 g/mol. The van der Waals surface area contributed by atoms with Gasteiger partial charge in [0.25, 0.3) is 0 Å². The predicted octanol–water partition coefficient (Wildman–Crippen LogP) is 3.50. The van der Waals surface area contributed by atoms with Crippen LogP contribution in [0.4, 0.5) is 0 Å². The number of aromatic nitrogens is 1. The van der Waals surface area contributed by atoms with Crippen molar-refractivity contribution in [1.29, 1.82) is 0 Å². The molecule has 0 aliphatic carbocycles. The topological polar surface area (TPSA) is 46.3 Å². The Kier molecular flexibility index (Phi) is 4.01. The number of amides is 1. The van der Waals surface area contributed by atoms with Gasteiger partial charge in [0, 0.05) is 25.7 Å². The van der Waals surface area contributed by atoms with Gasteiger partial charge in [-0.2, -0.15) is 0 Å². The van der Waals surface area contributed by atoms with Gasteiger partial charge in [0.15, 0.2) is 5.58 Å². The van der Waals surface area contributed by atoms with Crippen LogP contribution < -0.4 is 0 Å². The molecule has 0 fully saturated rings. The van der Waals surface area contributed by atoms with Crippen molar-refractivity contribution in [3.05, 3.63) is 72.1 Å². The zero-order valence-electron chi connectivity index (χ0n) is 12.3. The first-order valence-electron chi connectivity index (χ1n) is 7.05. The van der Waals surface area contributed by atoms with Gasteiger partial charge in [0.2, 0.25) is 11.8 Å². The van der Waals surface area contributed by atoms with Crippen LogP contribution in [0.3, 0.4) is 0 Å². The lowest BCUT2D eigenvalue weighted by Crippen LogP contribution is -2.24. The van der Waals surface area contributed by atoms with Gasteiger partial charge in [0.05, 0.1) is 0 Å². The Bertz CT molecular complexity index is 773. The van der Waals surface area contributed by atoms with E-state index in [4.69, 9.17) is 4.42 Å². The normalized spacial score (nSPS) is 11.1. The van der Waals surface area contributed by atoms with Crippen molar-refractivity contribution in [3.63, 3.8) is 0 Å². The van der Waals surface area contributed by atoms with Crippen molar-refractivity contribution < 1.29 is 9.21 Å². The predicted molar refractivity (Wildman–Crippen MR) is 86.0 cm³/mol. The van der Waals surface area contributed by atoms with E-state index in [9.17, 15) is 4.79 Å². The zero-order chi connectivity index (χ0) is 15.4. The maximum absolute atomic E-state index is 12.1. The number of fused-ring (bicyclic) bond motifs is 1. The summed E-state index contributed by atoms with van der Waals surface area (Å²) in [5.74, 6) is 0.341. The van der Waals surface area contributed by atoms with Gasteiger partial charge < -0.3 is 9.32 Å². The highest BCUT2D eigenvalue weighted by Gasteiger charge is 2.07. The molecule has 3 rings (SSSR count). The van der Waals surface area contributed by atoms with Gasteiger partial charge >= 0.3 is 0 Å². The second kappa shape index (κ2) is 6.26. The van der Waals surface area contributed by atoms with Crippen LogP contribution in [-0.2, 0) is 11.3 Å². The van der Waals surface area contributed by atoms with Crippen molar-refractivity contribution in [3.8, 4) is 0 Å². The van der Waals surface area contributed by atoms with Crippen LogP contribution in [0.1, 0.15) is 11.5 Å². The summed E-state index contributed by atoms with van der Waals surface area (Å²) in [7, 11) is 1.77. The summed E-state index contributed by atoms with van der Waals surface area (Å²) in [6, 6.07) is 17.4. The van der Waals surface area contributed by atoms with E-state index in [0.717, 1.165) is 11.1 Å². The third-order valence-electron chi connectivity index (χ3n) is 3.32. The summed E-state index contributed by atoms with van der Waals surface area (Å²) in [4.78, 5) is 18.1. The second-order valence-electron chi connectivity index (χ2n) is 5.03. The first-order chi connectivity index (χ1) is 10.7. The molecule has 0 aliphatic heterocycles. The fourth-order valence-corrected chi connectivity index (χ4v) is 2.17. The third-order valence-corrected chi connectivity index (χ3v) is 3.32. The Morgan fingerprint density at radius 2 is 1.86 bits per heavy atom. The van der Waals surface area contributed by atoms with Gasteiger partial charge in [-0.1, -0.05) is 42.5 Å². The summed E-state index contributed by atoms with van der Waals surface area (Å²) in [6.07, 6.45) is 3.08. The number of para-hydroxylation sites is 2. The van der Waals surface area contributed by atoms with Crippen LogP contribution in [-0.4, -0.2) is 22.8 Å². The SMILES string of the molecule is CN(Cc1ccccc1)C(=O)/C=C/c1nc2ccccc2o1. The van der Waals surface area contributed by atoms with Crippen LogP contribution in [0.2, 0.25) is 0 Å². The van der Waals surface area contributed by atoms with Crippen LogP contribution in [0.25, 0.3) is 17.2 Å². The highest BCUT2D eigenvalue weighted by atomic mass is 16.3. The van der Waals surface area contributed by atoms with E-state index in [2.05, 4.69) is 4.98 Å². The van der Waals surface area contributed by atoms with E-state index in [1.54, 1.807) is 18.0 Å². The van der Waals surface area contributed by atoms with E-state index >= 15 is 0 Å². The number of rotatable bonds is 4. The first kappa shape index (κ1) is 14.1. The first-order valence-corrected chi connectivity index (χ1v) is 7.05. The third kappa shape index (κ3) is 3.23. The number of carbonyl (C=O) groups excluding carboxylic acids is 1. The van der Waals surface area contributed by atoms with E-state index in [0.29, 0.717) is 18.0 Å². The molecule has 1 aromatic heterocycles. The Morgan fingerprint density at radius 1 is 1.14 bits per heavy atom. The van der Waals surface area contributed by atoms with E-state index in [1.165, 1.54) is 6.08 Å². The minimum atomic E-state index is -0.0916. The quantitative estimate of drug-likeness (QED) is 0.691. The number of likely N-dealkylation sites (N-methyl/N-ethyl adjacent to an activating group) is 1. The molecule has 0 radical (unpaired) electrons. The van der Waals surface area contributed by atoms with Crippen molar-refractivity contribution in [2.24, 2.45) is 0 Å². The second-order valence-corrected chi connectivity index (χ2v) is 5.03.